The summed E-state index contributed by atoms with van der Waals surface area (Å²) in [5.41, 5.74) is 11.6. The number of hydrogen-bond donors (Lipinski definition) is 3. The molecule has 0 radical (unpaired) electrons. The van der Waals surface area contributed by atoms with Crippen LogP contribution < -0.4 is 16.8 Å². The van der Waals surface area contributed by atoms with Crippen molar-refractivity contribution in [2.75, 3.05) is 16.8 Å². The van der Waals surface area contributed by atoms with Gasteiger partial charge in [0, 0.05) is 6.07 Å². The molecule has 2 aromatic rings. The van der Waals surface area contributed by atoms with Crippen LogP contribution >= 0.6 is 0 Å². The number of rotatable bonds is 2. The Kier molecular flexibility index (Phi) is 3.01. The Balaban J connectivity index is 2.34. The lowest BCUT2D eigenvalue weighted by Crippen LogP contribution is -2.02. The fraction of sp³-hybridized carbons (Fsp3) is 0.0833. The minimum absolute atomic E-state index is 0.00484. The smallest absolute Gasteiger partial charge is 0.149 e. The zero-order chi connectivity index (χ0) is 13.3. The minimum atomic E-state index is -0.564. The van der Waals surface area contributed by atoms with Crippen LogP contribution in [0.5, 0.6) is 0 Å². The average molecular weight is 250 g/mol. The minimum Gasteiger partial charge on any atom is -0.396 e. The summed E-state index contributed by atoms with van der Waals surface area (Å²) < 4.78 is 26.9. The van der Waals surface area contributed by atoms with E-state index >= 15 is 0 Å². The molecule has 18 heavy (non-hydrogen) atoms. The maximum atomic E-state index is 13.6. The lowest BCUT2D eigenvalue weighted by atomic mass is 10.2. The molecule has 0 saturated carbocycles. The summed E-state index contributed by atoms with van der Waals surface area (Å²) in [4.78, 5) is 3.91. The average Bonchev–Trinajstić information content (AvgIpc) is 2.31. The van der Waals surface area contributed by atoms with Crippen LogP contribution in [0.3, 0.4) is 0 Å². The van der Waals surface area contributed by atoms with Crippen molar-refractivity contribution in [3.63, 3.8) is 0 Å². The van der Waals surface area contributed by atoms with Gasteiger partial charge in [-0.05, 0) is 30.7 Å². The van der Waals surface area contributed by atoms with Crippen LogP contribution in [0.4, 0.5) is 31.8 Å². The van der Waals surface area contributed by atoms with Gasteiger partial charge in [0.2, 0.25) is 0 Å². The maximum Gasteiger partial charge on any atom is 0.149 e. The van der Waals surface area contributed by atoms with E-state index in [0.29, 0.717) is 11.5 Å². The number of nitrogens with zero attached hydrogens (tertiary/aromatic N) is 1. The highest BCUT2D eigenvalue weighted by molar-refractivity contribution is 5.65. The zero-order valence-corrected chi connectivity index (χ0v) is 9.67. The highest BCUT2D eigenvalue weighted by Crippen LogP contribution is 2.23. The molecule has 0 amide bonds. The number of nitrogens with one attached hydrogen (secondary N) is 1. The highest BCUT2D eigenvalue weighted by atomic mass is 19.1. The Morgan fingerprint density at radius 3 is 2.50 bits per heavy atom. The predicted octanol–water partition coefficient (Wildman–Crippen LogP) is 2.58. The monoisotopic (exact) mass is 250 g/mol. The van der Waals surface area contributed by atoms with Crippen LogP contribution in [0, 0.1) is 18.6 Å². The molecule has 1 heterocycles. The summed E-state index contributed by atoms with van der Waals surface area (Å²) in [7, 11) is 0. The molecule has 0 atom stereocenters. The van der Waals surface area contributed by atoms with Gasteiger partial charge in [0.05, 0.1) is 11.4 Å². The van der Waals surface area contributed by atoms with Crippen molar-refractivity contribution >= 4 is 23.0 Å². The molecule has 1 aromatic carbocycles. The standard InChI is InChI=1S/C12H12F2N4/c1-6-4-8(14)10(5-7(6)13)17-11-3-2-9(15)12(16)18-11/h2-5H,15H2,1H3,(H3,16,17,18). The van der Waals surface area contributed by atoms with E-state index in [2.05, 4.69) is 10.3 Å². The van der Waals surface area contributed by atoms with Gasteiger partial charge in [0.1, 0.15) is 23.3 Å². The van der Waals surface area contributed by atoms with Crippen molar-refractivity contribution in [2.45, 2.75) is 6.92 Å². The zero-order valence-electron chi connectivity index (χ0n) is 9.67. The molecule has 94 valence electrons. The molecule has 0 aliphatic carbocycles. The molecule has 0 aliphatic heterocycles. The lowest BCUT2D eigenvalue weighted by molar-refractivity contribution is 0.595. The quantitative estimate of drug-likeness (QED) is 0.765. The second kappa shape index (κ2) is 4.48. The molecule has 0 bridgehead atoms. The Morgan fingerprint density at radius 1 is 1.11 bits per heavy atom. The van der Waals surface area contributed by atoms with Crippen LogP contribution in [0.1, 0.15) is 5.56 Å². The Hall–Kier alpha value is -2.37. The van der Waals surface area contributed by atoms with Gasteiger partial charge in [0.25, 0.3) is 0 Å². The van der Waals surface area contributed by atoms with E-state index in [1.54, 1.807) is 0 Å². The van der Waals surface area contributed by atoms with Crippen LogP contribution in [-0.2, 0) is 0 Å². The van der Waals surface area contributed by atoms with Gasteiger partial charge >= 0.3 is 0 Å². The molecule has 0 unspecified atom stereocenters. The first-order valence-corrected chi connectivity index (χ1v) is 5.22. The SMILES string of the molecule is Cc1cc(F)c(Nc2ccc(N)c(N)n2)cc1F. The van der Waals surface area contributed by atoms with E-state index in [0.717, 1.165) is 12.1 Å². The summed E-state index contributed by atoms with van der Waals surface area (Å²) in [6, 6.07) is 5.24. The third-order valence-electron chi connectivity index (χ3n) is 2.47. The van der Waals surface area contributed by atoms with Gasteiger partial charge in [-0.2, -0.15) is 0 Å². The Bertz CT molecular complexity index is 599. The molecule has 0 saturated heterocycles. The first-order chi connectivity index (χ1) is 8.47. The van der Waals surface area contributed by atoms with Crippen molar-refractivity contribution in [3.8, 4) is 0 Å². The molecule has 2 rings (SSSR count). The first-order valence-electron chi connectivity index (χ1n) is 5.22. The largest absolute Gasteiger partial charge is 0.396 e. The van der Waals surface area contributed by atoms with E-state index < -0.39 is 11.6 Å². The number of halogens is 2. The van der Waals surface area contributed by atoms with Crippen molar-refractivity contribution in [3.05, 3.63) is 41.5 Å². The number of aromatic nitrogens is 1. The van der Waals surface area contributed by atoms with Crippen molar-refractivity contribution in [1.29, 1.82) is 0 Å². The van der Waals surface area contributed by atoms with E-state index in [-0.39, 0.29) is 17.1 Å². The fourth-order valence-electron chi connectivity index (χ4n) is 1.44. The molecule has 0 aliphatic rings. The fourth-order valence-corrected chi connectivity index (χ4v) is 1.44. The van der Waals surface area contributed by atoms with Crippen LogP contribution in [0.25, 0.3) is 0 Å². The van der Waals surface area contributed by atoms with Crippen molar-refractivity contribution < 1.29 is 8.78 Å². The molecular formula is C12H12F2N4. The molecule has 0 fully saturated rings. The van der Waals surface area contributed by atoms with Crippen LogP contribution in [-0.4, -0.2) is 4.98 Å². The van der Waals surface area contributed by atoms with Gasteiger partial charge in [-0.25, -0.2) is 13.8 Å². The van der Waals surface area contributed by atoms with Crippen molar-refractivity contribution in [1.82, 2.24) is 4.98 Å². The van der Waals surface area contributed by atoms with Crippen LogP contribution in [0.2, 0.25) is 0 Å². The molecule has 5 N–H and O–H groups in total. The summed E-state index contributed by atoms with van der Waals surface area (Å²) >= 11 is 0. The molecule has 1 aromatic heterocycles. The number of anilines is 4. The molecule has 4 nitrogen and oxygen atoms in total. The van der Waals surface area contributed by atoms with Gasteiger partial charge in [-0.15, -0.1) is 0 Å². The van der Waals surface area contributed by atoms with Crippen molar-refractivity contribution in [2.24, 2.45) is 0 Å². The lowest BCUT2D eigenvalue weighted by Gasteiger charge is -2.09. The van der Waals surface area contributed by atoms with Gasteiger partial charge in [0.15, 0.2) is 0 Å². The second-order valence-corrected chi connectivity index (χ2v) is 3.88. The second-order valence-electron chi connectivity index (χ2n) is 3.88. The molecule has 6 heteroatoms. The number of aryl methyl sites for hydroxylation is 1. The summed E-state index contributed by atoms with van der Waals surface area (Å²) in [6.07, 6.45) is 0. The third-order valence-corrected chi connectivity index (χ3v) is 2.47. The predicted molar refractivity (Wildman–Crippen MR) is 67.4 cm³/mol. The van der Waals surface area contributed by atoms with Gasteiger partial charge < -0.3 is 16.8 Å². The number of pyridine rings is 1. The van der Waals surface area contributed by atoms with Gasteiger partial charge in [-0.1, -0.05) is 0 Å². The van der Waals surface area contributed by atoms with Crippen LogP contribution in [0.15, 0.2) is 24.3 Å². The Morgan fingerprint density at radius 2 is 1.83 bits per heavy atom. The van der Waals surface area contributed by atoms with Gasteiger partial charge in [-0.3, -0.25) is 0 Å². The van der Waals surface area contributed by atoms with E-state index in [1.165, 1.54) is 19.1 Å². The number of nitrogen functional groups attached to an aromatic ring is 2. The van der Waals surface area contributed by atoms with E-state index in [4.69, 9.17) is 11.5 Å². The summed E-state index contributed by atoms with van der Waals surface area (Å²) in [5.74, 6) is -0.634. The first kappa shape index (κ1) is 12.1. The highest BCUT2D eigenvalue weighted by Gasteiger charge is 2.08. The van der Waals surface area contributed by atoms with E-state index in [9.17, 15) is 8.78 Å². The number of benzene rings is 1. The molecule has 0 spiro atoms. The third kappa shape index (κ3) is 2.32. The maximum absolute atomic E-state index is 13.6. The number of nitrogens with two attached hydrogens (primary N) is 2. The number of hydrogen-bond acceptors (Lipinski definition) is 4. The summed E-state index contributed by atoms with van der Waals surface area (Å²) in [5, 5.41) is 2.65. The summed E-state index contributed by atoms with van der Waals surface area (Å²) in [6.45, 7) is 1.49. The Labute approximate surface area is 103 Å². The topological polar surface area (TPSA) is 77.0 Å². The normalized spacial score (nSPS) is 10.4. The van der Waals surface area contributed by atoms with E-state index in [1.807, 2.05) is 0 Å². The molecular weight excluding hydrogens is 238 g/mol.